The Balaban J connectivity index is 1.35. The highest BCUT2D eigenvalue weighted by atomic mass is 16.5. The molecule has 1 aliphatic rings. The molecule has 27 heavy (non-hydrogen) atoms. The maximum atomic E-state index is 5.19. The van der Waals surface area contributed by atoms with Crippen LogP contribution in [0.3, 0.4) is 0 Å². The molecule has 4 rings (SSSR count). The van der Waals surface area contributed by atoms with Crippen LogP contribution < -0.4 is 9.64 Å². The van der Waals surface area contributed by atoms with E-state index in [1.54, 1.807) is 19.4 Å². The van der Waals surface area contributed by atoms with Gasteiger partial charge in [-0.3, -0.25) is 4.90 Å². The summed E-state index contributed by atoms with van der Waals surface area (Å²) in [6.07, 6.45) is 5.82. The smallest absolute Gasteiger partial charge is 0.228 e. The molecule has 3 heterocycles. The Labute approximate surface area is 159 Å². The Bertz CT molecular complexity index is 901. The van der Waals surface area contributed by atoms with Gasteiger partial charge in [-0.2, -0.15) is 10.1 Å². The van der Waals surface area contributed by atoms with Crippen LogP contribution in [0.5, 0.6) is 5.88 Å². The lowest BCUT2D eigenvalue weighted by Gasteiger charge is -2.34. The Morgan fingerprint density at radius 3 is 2.74 bits per heavy atom. The number of benzene rings is 1. The van der Waals surface area contributed by atoms with E-state index in [1.807, 2.05) is 10.9 Å². The Morgan fingerprint density at radius 1 is 1.11 bits per heavy atom. The molecule has 3 aromatic rings. The first-order chi connectivity index (χ1) is 13.2. The van der Waals surface area contributed by atoms with Crippen molar-refractivity contribution in [2.24, 2.45) is 0 Å². The largest absolute Gasteiger partial charge is 0.481 e. The molecule has 1 saturated heterocycles. The van der Waals surface area contributed by atoms with Crippen LogP contribution in [0.15, 0.2) is 48.9 Å². The quantitative estimate of drug-likeness (QED) is 0.692. The van der Waals surface area contributed by atoms with E-state index in [4.69, 9.17) is 4.74 Å². The minimum absolute atomic E-state index is 0.603. The third kappa shape index (κ3) is 4.09. The van der Waals surface area contributed by atoms with Gasteiger partial charge < -0.3 is 9.64 Å². The van der Waals surface area contributed by atoms with Crippen molar-refractivity contribution in [2.45, 2.75) is 13.5 Å². The van der Waals surface area contributed by atoms with Crippen LogP contribution in [0.2, 0.25) is 0 Å². The Hall–Kier alpha value is -2.93. The second-order valence-electron chi connectivity index (χ2n) is 6.79. The summed E-state index contributed by atoms with van der Waals surface area (Å²) >= 11 is 0. The SMILES string of the molecule is COc1ccnc(N2CCN(Cc3cnn(-c4cccc(C)c4)c3)CC2)n1. The van der Waals surface area contributed by atoms with Crippen LogP contribution >= 0.6 is 0 Å². The monoisotopic (exact) mass is 364 g/mol. The average Bonchev–Trinajstić information content (AvgIpc) is 3.17. The van der Waals surface area contributed by atoms with E-state index >= 15 is 0 Å². The van der Waals surface area contributed by atoms with Gasteiger partial charge in [0.2, 0.25) is 11.8 Å². The predicted octanol–water partition coefficient (Wildman–Crippen LogP) is 2.30. The van der Waals surface area contributed by atoms with Gasteiger partial charge in [0.25, 0.3) is 0 Å². The van der Waals surface area contributed by atoms with Crippen LogP contribution in [0.1, 0.15) is 11.1 Å². The zero-order chi connectivity index (χ0) is 18.6. The lowest BCUT2D eigenvalue weighted by Crippen LogP contribution is -2.46. The molecule has 0 amide bonds. The lowest BCUT2D eigenvalue weighted by atomic mass is 10.2. The van der Waals surface area contributed by atoms with Gasteiger partial charge in [-0.25, -0.2) is 9.67 Å². The van der Waals surface area contributed by atoms with Gasteiger partial charge in [-0.1, -0.05) is 12.1 Å². The Kier molecular flexibility index (Phi) is 5.02. The van der Waals surface area contributed by atoms with Crippen LogP contribution in [-0.4, -0.2) is 57.9 Å². The van der Waals surface area contributed by atoms with Crippen molar-refractivity contribution in [3.63, 3.8) is 0 Å². The van der Waals surface area contributed by atoms with Crippen LogP contribution in [-0.2, 0) is 6.54 Å². The number of rotatable bonds is 5. The zero-order valence-corrected chi connectivity index (χ0v) is 15.7. The van der Waals surface area contributed by atoms with Crippen molar-refractivity contribution in [2.75, 3.05) is 38.2 Å². The summed E-state index contributed by atoms with van der Waals surface area (Å²) in [5.41, 5.74) is 3.56. The van der Waals surface area contributed by atoms with Gasteiger partial charge in [0.1, 0.15) is 0 Å². The van der Waals surface area contributed by atoms with Gasteiger partial charge in [-0.15, -0.1) is 0 Å². The minimum atomic E-state index is 0.603. The number of piperazine rings is 1. The van der Waals surface area contributed by atoms with Gasteiger partial charge in [0, 0.05) is 56.7 Å². The van der Waals surface area contributed by atoms with E-state index in [0.717, 1.165) is 44.4 Å². The molecule has 1 fully saturated rings. The first-order valence-electron chi connectivity index (χ1n) is 9.16. The molecular formula is C20H24N6O. The van der Waals surface area contributed by atoms with Crippen molar-refractivity contribution in [1.29, 1.82) is 0 Å². The molecule has 0 atom stereocenters. The van der Waals surface area contributed by atoms with Crippen molar-refractivity contribution >= 4 is 5.95 Å². The summed E-state index contributed by atoms with van der Waals surface area (Å²) in [5, 5.41) is 4.52. The molecule has 0 spiro atoms. The summed E-state index contributed by atoms with van der Waals surface area (Å²) in [6.45, 7) is 6.74. The van der Waals surface area contributed by atoms with E-state index in [1.165, 1.54) is 11.1 Å². The van der Waals surface area contributed by atoms with Gasteiger partial charge in [0.05, 0.1) is 19.0 Å². The normalized spacial score (nSPS) is 15.1. The minimum Gasteiger partial charge on any atom is -0.481 e. The first kappa shape index (κ1) is 17.5. The predicted molar refractivity (Wildman–Crippen MR) is 104 cm³/mol. The third-order valence-corrected chi connectivity index (χ3v) is 4.79. The molecule has 0 radical (unpaired) electrons. The van der Waals surface area contributed by atoms with E-state index in [9.17, 15) is 0 Å². The number of aryl methyl sites for hydroxylation is 1. The van der Waals surface area contributed by atoms with Gasteiger partial charge in [0.15, 0.2) is 0 Å². The van der Waals surface area contributed by atoms with Gasteiger partial charge in [-0.05, 0) is 24.6 Å². The molecular weight excluding hydrogens is 340 g/mol. The fraction of sp³-hybridized carbons (Fsp3) is 0.350. The zero-order valence-electron chi connectivity index (χ0n) is 15.7. The average molecular weight is 364 g/mol. The fourth-order valence-corrected chi connectivity index (χ4v) is 3.32. The van der Waals surface area contributed by atoms with Crippen LogP contribution in [0.25, 0.3) is 5.69 Å². The summed E-state index contributed by atoms with van der Waals surface area (Å²) in [6, 6.07) is 10.2. The molecule has 140 valence electrons. The number of nitrogens with zero attached hydrogens (tertiary/aromatic N) is 6. The van der Waals surface area contributed by atoms with E-state index in [0.29, 0.717) is 5.88 Å². The maximum absolute atomic E-state index is 5.19. The summed E-state index contributed by atoms with van der Waals surface area (Å²) in [7, 11) is 1.63. The standard InChI is InChI=1S/C20H24N6O/c1-16-4-3-5-18(12-16)26-15-17(13-22-26)14-24-8-10-25(11-9-24)20-21-7-6-19(23-20)27-2/h3-7,12-13,15H,8-11,14H2,1-2H3. The fourth-order valence-electron chi connectivity index (χ4n) is 3.32. The molecule has 1 aromatic carbocycles. The number of ether oxygens (including phenoxy) is 1. The summed E-state index contributed by atoms with van der Waals surface area (Å²) < 4.78 is 7.14. The molecule has 0 unspecified atom stereocenters. The number of hydrogen-bond donors (Lipinski definition) is 0. The molecule has 0 N–H and O–H groups in total. The highest BCUT2D eigenvalue weighted by Crippen LogP contribution is 2.16. The highest BCUT2D eigenvalue weighted by molar-refractivity contribution is 5.35. The summed E-state index contributed by atoms with van der Waals surface area (Å²) in [4.78, 5) is 13.4. The molecule has 7 nitrogen and oxygen atoms in total. The summed E-state index contributed by atoms with van der Waals surface area (Å²) in [5.74, 6) is 1.34. The van der Waals surface area contributed by atoms with Crippen LogP contribution in [0.4, 0.5) is 5.95 Å². The Morgan fingerprint density at radius 2 is 1.96 bits per heavy atom. The van der Waals surface area contributed by atoms with E-state index < -0.39 is 0 Å². The molecule has 0 saturated carbocycles. The number of aromatic nitrogens is 4. The van der Waals surface area contributed by atoms with Crippen molar-refractivity contribution in [3.8, 4) is 11.6 Å². The molecule has 7 heteroatoms. The van der Waals surface area contributed by atoms with Crippen molar-refractivity contribution < 1.29 is 4.74 Å². The second kappa shape index (κ2) is 7.75. The van der Waals surface area contributed by atoms with E-state index in [-0.39, 0.29) is 0 Å². The molecule has 1 aliphatic heterocycles. The molecule has 0 bridgehead atoms. The first-order valence-corrected chi connectivity index (χ1v) is 9.16. The molecule has 0 aliphatic carbocycles. The number of hydrogen-bond acceptors (Lipinski definition) is 6. The van der Waals surface area contributed by atoms with E-state index in [2.05, 4.69) is 62.3 Å². The lowest BCUT2D eigenvalue weighted by molar-refractivity contribution is 0.248. The van der Waals surface area contributed by atoms with Crippen molar-refractivity contribution in [1.82, 2.24) is 24.6 Å². The molecule has 2 aromatic heterocycles. The second-order valence-corrected chi connectivity index (χ2v) is 6.79. The third-order valence-electron chi connectivity index (χ3n) is 4.79. The maximum Gasteiger partial charge on any atom is 0.228 e. The van der Waals surface area contributed by atoms with Crippen LogP contribution in [0, 0.1) is 6.92 Å². The van der Waals surface area contributed by atoms with Crippen molar-refractivity contribution in [3.05, 3.63) is 60.0 Å². The number of anilines is 1. The number of methoxy groups -OCH3 is 1. The van der Waals surface area contributed by atoms with Gasteiger partial charge >= 0.3 is 0 Å². The topological polar surface area (TPSA) is 59.3 Å². The highest BCUT2D eigenvalue weighted by Gasteiger charge is 2.20.